The largest absolute Gasteiger partial charge is 0.347 e. The van der Waals surface area contributed by atoms with Gasteiger partial charge in [0.05, 0.1) is 11.9 Å². The standard InChI is InChI=1S/C26H22FN7O2/c1-16-12-18(4-7-20(16)27)15-28-25(35)22-13-23(34-24(32-22)9-11-31-34)26(36)29-14-17-2-5-19(6-3-17)21-8-10-30-33-21/h2-7,9-13H,8,14-15H2,1H3,(H,28,35)(H,29,36). The molecule has 2 aromatic heterocycles. The third-order valence-corrected chi connectivity index (χ3v) is 5.79. The molecule has 0 bridgehead atoms. The number of nitrogens with zero attached hydrogens (tertiary/aromatic N) is 5. The van der Waals surface area contributed by atoms with Crippen LogP contribution in [0.3, 0.4) is 0 Å². The predicted octanol–water partition coefficient (Wildman–Crippen LogP) is 3.22. The Morgan fingerprint density at radius 1 is 0.972 bits per heavy atom. The highest BCUT2D eigenvalue weighted by Gasteiger charge is 2.18. The molecule has 36 heavy (non-hydrogen) atoms. The second-order valence-electron chi connectivity index (χ2n) is 8.32. The first-order valence-electron chi connectivity index (χ1n) is 11.3. The molecule has 5 rings (SSSR count). The molecule has 4 aromatic rings. The molecule has 0 radical (unpaired) electrons. The van der Waals surface area contributed by atoms with Crippen molar-refractivity contribution in [2.45, 2.75) is 26.4 Å². The fraction of sp³-hybridized carbons (Fsp3) is 0.154. The van der Waals surface area contributed by atoms with Gasteiger partial charge in [-0.1, -0.05) is 36.4 Å². The van der Waals surface area contributed by atoms with Crippen LogP contribution >= 0.6 is 0 Å². The summed E-state index contributed by atoms with van der Waals surface area (Å²) in [4.78, 5) is 30.1. The van der Waals surface area contributed by atoms with E-state index in [2.05, 4.69) is 30.9 Å². The fourth-order valence-electron chi connectivity index (χ4n) is 3.82. The van der Waals surface area contributed by atoms with Gasteiger partial charge in [0.15, 0.2) is 5.65 Å². The number of hydrogen-bond donors (Lipinski definition) is 2. The van der Waals surface area contributed by atoms with E-state index < -0.39 is 11.8 Å². The molecule has 1 aliphatic rings. The van der Waals surface area contributed by atoms with Crippen molar-refractivity contribution in [3.63, 3.8) is 0 Å². The van der Waals surface area contributed by atoms with Crippen LogP contribution in [0.25, 0.3) is 5.65 Å². The van der Waals surface area contributed by atoms with Gasteiger partial charge in [-0.25, -0.2) is 13.9 Å². The Morgan fingerprint density at radius 2 is 1.72 bits per heavy atom. The number of benzene rings is 2. The Hall–Kier alpha value is -4.73. The minimum absolute atomic E-state index is 0.0795. The summed E-state index contributed by atoms with van der Waals surface area (Å²) < 4.78 is 14.9. The third-order valence-electron chi connectivity index (χ3n) is 5.79. The van der Waals surface area contributed by atoms with Crippen molar-refractivity contribution in [2.75, 3.05) is 0 Å². The lowest BCUT2D eigenvalue weighted by Crippen LogP contribution is -2.28. The smallest absolute Gasteiger partial charge is 0.270 e. The van der Waals surface area contributed by atoms with E-state index in [9.17, 15) is 14.0 Å². The van der Waals surface area contributed by atoms with Gasteiger partial charge < -0.3 is 10.6 Å². The van der Waals surface area contributed by atoms with Crippen LogP contribution in [0.5, 0.6) is 0 Å². The quantitative estimate of drug-likeness (QED) is 0.420. The van der Waals surface area contributed by atoms with Crippen molar-refractivity contribution < 1.29 is 14.0 Å². The minimum Gasteiger partial charge on any atom is -0.347 e. The number of aryl methyl sites for hydroxylation is 1. The van der Waals surface area contributed by atoms with Crippen molar-refractivity contribution in [3.05, 3.63) is 100 Å². The summed E-state index contributed by atoms with van der Waals surface area (Å²) in [5.74, 6) is -1.15. The first kappa shape index (κ1) is 23.0. The summed E-state index contributed by atoms with van der Waals surface area (Å²) in [5, 5.41) is 17.8. The topological polar surface area (TPSA) is 113 Å². The predicted molar refractivity (Wildman–Crippen MR) is 133 cm³/mol. The van der Waals surface area contributed by atoms with Gasteiger partial charge in [0, 0.05) is 37.9 Å². The Balaban J connectivity index is 1.28. The second kappa shape index (κ2) is 9.87. The van der Waals surface area contributed by atoms with Crippen molar-refractivity contribution in [1.29, 1.82) is 0 Å². The number of fused-ring (bicyclic) bond motifs is 1. The summed E-state index contributed by atoms with van der Waals surface area (Å²) in [6.07, 6.45) is 3.97. The van der Waals surface area contributed by atoms with Crippen molar-refractivity contribution in [2.24, 2.45) is 10.2 Å². The number of amides is 2. The van der Waals surface area contributed by atoms with Crippen LogP contribution in [0.2, 0.25) is 0 Å². The maximum atomic E-state index is 13.5. The average Bonchev–Trinajstić information content (AvgIpc) is 3.60. The third kappa shape index (κ3) is 4.88. The minimum atomic E-state index is -0.455. The highest BCUT2D eigenvalue weighted by molar-refractivity contribution is 6.09. The van der Waals surface area contributed by atoms with Gasteiger partial charge in [-0.15, -0.1) is 0 Å². The van der Waals surface area contributed by atoms with Crippen LogP contribution in [-0.4, -0.2) is 38.3 Å². The summed E-state index contributed by atoms with van der Waals surface area (Å²) in [5.41, 5.74) is 4.68. The monoisotopic (exact) mass is 483 g/mol. The maximum Gasteiger partial charge on any atom is 0.270 e. The average molecular weight is 484 g/mol. The molecule has 3 heterocycles. The summed E-state index contributed by atoms with van der Waals surface area (Å²) in [6, 6.07) is 15.4. The zero-order valence-corrected chi connectivity index (χ0v) is 19.4. The Bertz CT molecular complexity index is 1520. The van der Waals surface area contributed by atoms with Crippen LogP contribution in [-0.2, 0) is 13.1 Å². The molecule has 0 saturated heterocycles. The van der Waals surface area contributed by atoms with Gasteiger partial charge in [-0.05, 0) is 35.2 Å². The Kier molecular flexibility index (Phi) is 6.31. The number of rotatable bonds is 7. The molecule has 1 aliphatic heterocycles. The van der Waals surface area contributed by atoms with Gasteiger partial charge in [0.25, 0.3) is 11.8 Å². The van der Waals surface area contributed by atoms with Crippen LogP contribution in [0.4, 0.5) is 4.39 Å². The normalized spacial score (nSPS) is 12.6. The summed E-state index contributed by atoms with van der Waals surface area (Å²) in [7, 11) is 0. The molecule has 9 nitrogen and oxygen atoms in total. The van der Waals surface area contributed by atoms with E-state index in [-0.39, 0.29) is 23.7 Å². The van der Waals surface area contributed by atoms with Gasteiger partial charge >= 0.3 is 0 Å². The van der Waals surface area contributed by atoms with E-state index in [4.69, 9.17) is 0 Å². The van der Waals surface area contributed by atoms with E-state index in [1.54, 1.807) is 31.3 Å². The van der Waals surface area contributed by atoms with E-state index in [0.29, 0.717) is 24.2 Å². The maximum absolute atomic E-state index is 13.5. The molecular weight excluding hydrogens is 461 g/mol. The molecule has 0 saturated carbocycles. The highest BCUT2D eigenvalue weighted by atomic mass is 19.1. The van der Waals surface area contributed by atoms with Crippen LogP contribution in [0, 0.1) is 12.7 Å². The van der Waals surface area contributed by atoms with Crippen molar-refractivity contribution in [3.8, 4) is 0 Å². The molecule has 0 unspecified atom stereocenters. The van der Waals surface area contributed by atoms with Crippen LogP contribution in [0.15, 0.2) is 71.0 Å². The molecule has 2 aromatic carbocycles. The molecule has 0 atom stereocenters. The van der Waals surface area contributed by atoms with Crippen LogP contribution < -0.4 is 10.6 Å². The van der Waals surface area contributed by atoms with Gasteiger partial charge in [-0.2, -0.15) is 15.3 Å². The molecule has 2 amide bonds. The van der Waals surface area contributed by atoms with E-state index >= 15 is 0 Å². The van der Waals surface area contributed by atoms with E-state index in [1.165, 1.54) is 22.8 Å². The second-order valence-corrected chi connectivity index (χ2v) is 8.32. The zero-order chi connectivity index (χ0) is 25.1. The highest BCUT2D eigenvalue weighted by Crippen LogP contribution is 2.13. The number of halogens is 1. The van der Waals surface area contributed by atoms with Crippen molar-refractivity contribution in [1.82, 2.24) is 25.2 Å². The molecule has 180 valence electrons. The Labute approximate surface area is 205 Å². The van der Waals surface area contributed by atoms with Gasteiger partial charge in [-0.3, -0.25) is 9.59 Å². The fourth-order valence-corrected chi connectivity index (χ4v) is 3.82. The number of carbonyl (C=O) groups excluding carboxylic acids is 2. The first-order valence-corrected chi connectivity index (χ1v) is 11.3. The van der Waals surface area contributed by atoms with Gasteiger partial charge in [0.1, 0.15) is 17.2 Å². The van der Waals surface area contributed by atoms with E-state index in [1.807, 2.05) is 24.3 Å². The molecule has 2 N–H and O–H groups in total. The molecule has 0 spiro atoms. The molecule has 0 aliphatic carbocycles. The number of nitrogens with one attached hydrogen (secondary N) is 2. The van der Waals surface area contributed by atoms with E-state index in [0.717, 1.165) is 22.4 Å². The molecule has 0 fully saturated rings. The molecule has 10 heteroatoms. The number of aromatic nitrogens is 3. The Morgan fingerprint density at radius 3 is 2.47 bits per heavy atom. The summed E-state index contributed by atoms with van der Waals surface area (Å²) >= 11 is 0. The van der Waals surface area contributed by atoms with Gasteiger partial charge in [0.2, 0.25) is 0 Å². The lowest BCUT2D eigenvalue weighted by Gasteiger charge is -2.10. The zero-order valence-electron chi connectivity index (χ0n) is 19.4. The van der Waals surface area contributed by atoms with Crippen molar-refractivity contribution >= 4 is 29.4 Å². The number of carbonyl (C=O) groups is 2. The number of hydrogen-bond acceptors (Lipinski definition) is 6. The lowest BCUT2D eigenvalue weighted by atomic mass is 10.1. The summed E-state index contributed by atoms with van der Waals surface area (Å²) in [6.45, 7) is 2.15. The first-order chi connectivity index (χ1) is 17.5. The lowest BCUT2D eigenvalue weighted by molar-refractivity contribution is 0.0942. The van der Waals surface area contributed by atoms with Crippen LogP contribution in [0.1, 0.15) is 49.7 Å². The molecular formula is C26H22FN7O2. The SMILES string of the molecule is Cc1cc(CNC(=O)c2cc(C(=O)NCc3ccc(C4=NN=CC4)cc3)n3nccc3n2)ccc1F.